The van der Waals surface area contributed by atoms with E-state index < -0.39 is 0 Å². The van der Waals surface area contributed by atoms with Crippen molar-refractivity contribution >= 4 is 23.4 Å². The van der Waals surface area contributed by atoms with Gasteiger partial charge in [0.1, 0.15) is 6.07 Å². The standard InChI is InChI=1S/C11H6ClN3OS/c12-8-2-1-7(6-13)9(5-8)17-11-14-4-3-10(16)15-11/h1-5H,(H,14,15,16). The molecule has 0 saturated carbocycles. The molecule has 0 atom stereocenters. The van der Waals surface area contributed by atoms with Gasteiger partial charge in [0, 0.05) is 22.2 Å². The van der Waals surface area contributed by atoms with Gasteiger partial charge in [-0.1, -0.05) is 23.4 Å². The van der Waals surface area contributed by atoms with E-state index in [4.69, 9.17) is 16.9 Å². The van der Waals surface area contributed by atoms with Crippen molar-refractivity contribution in [1.82, 2.24) is 9.97 Å². The van der Waals surface area contributed by atoms with E-state index in [1.165, 1.54) is 24.0 Å². The van der Waals surface area contributed by atoms with Crippen LogP contribution in [-0.4, -0.2) is 9.97 Å². The molecule has 0 aliphatic heterocycles. The maximum atomic E-state index is 11.1. The molecule has 2 aromatic rings. The van der Waals surface area contributed by atoms with Crippen LogP contribution < -0.4 is 5.56 Å². The van der Waals surface area contributed by atoms with Crippen LogP contribution in [0.1, 0.15) is 5.56 Å². The average molecular weight is 264 g/mol. The molecule has 1 heterocycles. The van der Waals surface area contributed by atoms with Crippen molar-refractivity contribution in [2.75, 3.05) is 0 Å². The zero-order valence-electron chi connectivity index (χ0n) is 8.48. The van der Waals surface area contributed by atoms with Crippen molar-refractivity contribution in [2.45, 2.75) is 10.1 Å². The topological polar surface area (TPSA) is 69.5 Å². The molecule has 17 heavy (non-hydrogen) atoms. The van der Waals surface area contributed by atoms with Gasteiger partial charge in [-0.15, -0.1) is 0 Å². The van der Waals surface area contributed by atoms with Crippen LogP contribution in [-0.2, 0) is 0 Å². The van der Waals surface area contributed by atoms with Gasteiger partial charge in [-0.05, 0) is 18.2 Å². The summed E-state index contributed by atoms with van der Waals surface area (Å²) in [5, 5.41) is 9.90. The number of hydrogen-bond acceptors (Lipinski definition) is 4. The molecule has 0 unspecified atom stereocenters. The van der Waals surface area contributed by atoms with Crippen LogP contribution in [0.5, 0.6) is 0 Å². The Hall–Kier alpha value is -1.77. The van der Waals surface area contributed by atoms with E-state index in [9.17, 15) is 4.79 Å². The minimum atomic E-state index is -0.233. The summed E-state index contributed by atoms with van der Waals surface area (Å²) in [6.45, 7) is 0. The van der Waals surface area contributed by atoms with E-state index in [-0.39, 0.29) is 5.56 Å². The third kappa shape index (κ3) is 2.87. The Morgan fingerprint density at radius 3 is 2.94 bits per heavy atom. The average Bonchev–Trinajstić information content (AvgIpc) is 2.29. The third-order valence-corrected chi connectivity index (χ3v) is 3.11. The second-order valence-electron chi connectivity index (χ2n) is 3.09. The lowest BCUT2D eigenvalue weighted by Crippen LogP contribution is -2.05. The van der Waals surface area contributed by atoms with Gasteiger partial charge in [0.25, 0.3) is 5.56 Å². The van der Waals surface area contributed by atoms with Gasteiger partial charge in [-0.25, -0.2) is 4.98 Å². The number of aromatic nitrogens is 2. The lowest BCUT2D eigenvalue weighted by atomic mass is 10.2. The highest BCUT2D eigenvalue weighted by atomic mass is 35.5. The summed E-state index contributed by atoms with van der Waals surface area (Å²) in [7, 11) is 0. The number of nitriles is 1. The van der Waals surface area contributed by atoms with Gasteiger partial charge in [-0.2, -0.15) is 5.26 Å². The van der Waals surface area contributed by atoms with Crippen molar-refractivity contribution in [3.63, 3.8) is 0 Å². The highest BCUT2D eigenvalue weighted by Crippen LogP contribution is 2.29. The fraction of sp³-hybridized carbons (Fsp3) is 0. The van der Waals surface area contributed by atoms with E-state index in [2.05, 4.69) is 16.0 Å². The highest BCUT2D eigenvalue weighted by molar-refractivity contribution is 7.99. The van der Waals surface area contributed by atoms with Crippen LogP contribution in [0.3, 0.4) is 0 Å². The van der Waals surface area contributed by atoms with Crippen LogP contribution in [0.15, 0.2) is 45.3 Å². The number of nitrogens with zero attached hydrogens (tertiary/aromatic N) is 2. The van der Waals surface area contributed by atoms with Gasteiger partial charge < -0.3 is 4.98 Å². The number of H-pyrrole nitrogens is 1. The molecule has 0 bridgehead atoms. The lowest BCUT2D eigenvalue weighted by molar-refractivity contribution is 0.936. The van der Waals surface area contributed by atoms with Crippen molar-refractivity contribution in [1.29, 1.82) is 5.26 Å². The Morgan fingerprint density at radius 1 is 1.41 bits per heavy atom. The van der Waals surface area contributed by atoms with E-state index in [1.54, 1.807) is 18.2 Å². The predicted molar refractivity (Wildman–Crippen MR) is 65.1 cm³/mol. The molecule has 0 aliphatic carbocycles. The molecule has 6 heteroatoms. The van der Waals surface area contributed by atoms with Gasteiger partial charge in [0.15, 0.2) is 5.16 Å². The summed E-state index contributed by atoms with van der Waals surface area (Å²) in [4.78, 5) is 18.3. The van der Waals surface area contributed by atoms with E-state index in [0.717, 1.165) is 0 Å². The Labute approximate surface area is 106 Å². The molecule has 84 valence electrons. The molecule has 2 rings (SSSR count). The summed E-state index contributed by atoms with van der Waals surface area (Å²) in [6.07, 6.45) is 1.41. The quantitative estimate of drug-likeness (QED) is 0.845. The first-order valence-corrected chi connectivity index (χ1v) is 5.81. The zero-order valence-corrected chi connectivity index (χ0v) is 10.0. The minimum Gasteiger partial charge on any atom is -0.301 e. The minimum absolute atomic E-state index is 0.233. The molecule has 0 amide bonds. The second-order valence-corrected chi connectivity index (χ2v) is 4.56. The van der Waals surface area contributed by atoms with Crippen molar-refractivity contribution in [3.8, 4) is 6.07 Å². The molecule has 0 spiro atoms. The largest absolute Gasteiger partial charge is 0.301 e. The normalized spacial score (nSPS) is 9.88. The van der Waals surface area contributed by atoms with E-state index in [1.807, 2.05) is 0 Å². The summed E-state index contributed by atoms with van der Waals surface area (Å²) < 4.78 is 0. The summed E-state index contributed by atoms with van der Waals surface area (Å²) in [5.41, 5.74) is 0.258. The van der Waals surface area contributed by atoms with Gasteiger partial charge in [-0.3, -0.25) is 4.79 Å². The molecule has 0 aliphatic rings. The smallest absolute Gasteiger partial charge is 0.251 e. The second kappa shape index (κ2) is 5.04. The summed E-state index contributed by atoms with van der Waals surface area (Å²) in [6, 6.07) is 8.32. The van der Waals surface area contributed by atoms with Crippen LogP contribution in [0.25, 0.3) is 0 Å². The van der Waals surface area contributed by atoms with Gasteiger partial charge in [0.05, 0.1) is 5.56 Å². The molecule has 1 N–H and O–H groups in total. The molecule has 1 aromatic heterocycles. The Kier molecular flexibility index (Phi) is 3.47. The Balaban J connectivity index is 2.39. The fourth-order valence-corrected chi connectivity index (χ4v) is 2.30. The highest BCUT2D eigenvalue weighted by Gasteiger charge is 2.06. The maximum Gasteiger partial charge on any atom is 0.251 e. The van der Waals surface area contributed by atoms with Crippen molar-refractivity contribution in [3.05, 3.63) is 51.4 Å². The first-order valence-electron chi connectivity index (χ1n) is 4.62. The van der Waals surface area contributed by atoms with Crippen LogP contribution in [0.4, 0.5) is 0 Å². The molecule has 0 saturated heterocycles. The molecule has 4 nitrogen and oxygen atoms in total. The third-order valence-electron chi connectivity index (χ3n) is 1.92. The van der Waals surface area contributed by atoms with Gasteiger partial charge >= 0.3 is 0 Å². The molecular weight excluding hydrogens is 258 g/mol. The Morgan fingerprint density at radius 2 is 2.24 bits per heavy atom. The molecule has 0 radical (unpaired) electrons. The monoisotopic (exact) mass is 263 g/mol. The molecular formula is C11H6ClN3OS. The predicted octanol–water partition coefficient (Wildman–Crippen LogP) is 2.45. The number of aromatic amines is 1. The van der Waals surface area contributed by atoms with Crippen molar-refractivity contribution < 1.29 is 0 Å². The number of benzene rings is 1. The van der Waals surface area contributed by atoms with Crippen LogP contribution >= 0.6 is 23.4 Å². The zero-order chi connectivity index (χ0) is 12.3. The molecule has 1 aromatic carbocycles. The first kappa shape index (κ1) is 11.7. The van der Waals surface area contributed by atoms with E-state index >= 15 is 0 Å². The number of nitrogens with one attached hydrogen (secondary N) is 1. The van der Waals surface area contributed by atoms with Crippen LogP contribution in [0.2, 0.25) is 5.02 Å². The lowest BCUT2D eigenvalue weighted by Gasteiger charge is -2.02. The van der Waals surface area contributed by atoms with Crippen molar-refractivity contribution in [2.24, 2.45) is 0 Å². The van der Waals surface area contributed by atoms with Crippen LogP contribution in [0, 0.1) is 11.3 Å². The number of hydrogen-bond donors (Lipinski definition) is 1. The summed E-state index contributed by atoms with van der Waals surface area (Å²) in [5.74, 6) is 0. The number of rotatable bonds is 2. The Bertz CT molecular complexity index is 648. The van der Waals surface area contributed by atoms with E-state index in [0.29, 0.717) is 20.6 Å². The maximum absolute atomic E-state index is 11.1. The fourth-order valence-electron chi connectivity index (χ4n) is 1.18. The summed E-state index contributed by atoms with van der Waals surface area (Å²) >= 11 is 7.05. The first-order chi connectivity index (χ1) is 8.19. The number of halogens is 1. The molecule has 0 fully saturated rings. The SMILES string of the molecule is N#Cc1ccc(Cl)cc1Sc1nccc(=O)[nH]1. The van der Waals surface area contributed by atoms with Gasteiger partial charge in [0.2, 0.25) is 0 Å².